The molecule has 1 fully saturated rings. The second-order valence-corrected chi connectivity index (χ2v) is 8.27. The quantitative estimate of drug-likeness (QED) is 0.153. The number of carbonyl (C=O) groups excluding carboxylic acids is 1. The Kier molecular flexibility index (Phi) is 18.5. The molecule has 0 atom stereocenters. The van der Waals surface area contributed by atoms with Crippen LogP contribution in [0.15, 0.2) is 4.99 Å². The van der Waals surface area contributed by atoms with E-state index in [1.807, 2.05) is 6.92 Å². The molecular weight excluding hydrogens is 509 g/mol. The van der Waals surface area contributed by atoms with Gasteiger partial charge in [-0.25, -0.2) is 4.99 Å². The van der Waals surface area contributed by atoms with Crippen LogP contribution in [0.2, 0.25) is 0 Å². The molecule has 1 N–H and O–H groups in total. The van der Waals surface area contributed by atoms with Gasteiger partial charge in [0.2, 0.25) is 5.91 Å². The van der Waals surface area contributed by atoms with Crippen molar-refractivity contribution in [3.8, 4) is 0 Å². The van der Waals surface area contributed by atoms with Gasteiger partial charge in [0.25, 0.3) is 0 Å². The van der Waals surface area contributed by atoms with Crippen molar-refractivity contribution in [3.05, 3.63) is 0 Å². The van der Waals surface area contributed by atoms with Crippen LogP contribution in [0.4, 0.5) is 0 Å². The van der Waals surface area contributed by atoms with E-state index in [1.165, 1.54) is 25.7 Å². The number of rotatable bonds is 14. The van der Waals surface area contributed by atoms with Gasteiger partial charge in [-0.3, -0.25) is 4.79 Å². The Morgan fingerprint density at radius 3 is 2.45 bits per heavy atom. The number of nitrogens with zero attached hydrogens (tertiary/aromatic N) is 4. The van der Waals surface area contributed by atoms with Gasteiger partial charge in [-0.2, -0.15) is 0 Å². The van der Waals surface area contributed by atoms with E-state index in [-0.39, 0.29) is 36.4 Å². The third-order valence-electron chi connectivity index (χ3n) is 5.56. The molecule has 184 valence electrons. The zero-order chi connectivity index (χ0) is 22.2. The molecule has 0 aromatic rings. The van der Waals surface area contributed by atoms with Crippen LogP contribution in [0.25, 0.3) is 0 Å². The molecule has 1 saturated heterocycles. The number of aliphatic imine (C=N–C) groups is 1. The topological polar surface area (TPSA) is 69.6 Å². The third kappa shape index (κ3) is 14.2. The van der Waals surface area contributed by atoms with Crippen LogP contribution in [0, 0.1) is 5.92 Å². The first-order chi connectivity index (χ1) is 14.5. The molecule has 0 radical (unpaired) electrons. The summed E-state index contributed by atoms with van der Waals surface area (Å²) in [5, 5.41) is 3.44. The van der Waals surface area contributed by atoms with E-state index < -0.39 is 0 Å². The molecule has 1 rings (SSSR count). The maximum absolute atomic E-state index is 12.0. The van der Waals surface area contributed by atoms with Gasteiger partial charge in [-0.1, -0.05) is 0 Å². The van der Waals surface area contributed by atoms with Crippen LogP contribution in [-0.2, 0) is 14.3 Å². The van der Waals surface area contributed by atoms with Crippen LogP contribution in [0.1, 0.15) is 39.0 Å². The normalized spacial score (nSPS) is 15.2. The van der Waals surface area contributed by atoms with Crippen LogP contribution >= 0.6 is 24.0 Å². The van der Waals surface area contributed by atoms with Gasteiger partial charge in [-0.05, 0) is 58.5 Å². The number of likely N-dealkylation sites (N-methyl/N-ethyl adjacent to an activating group) is 2. The van der Waals surface area contributed by atoms with Crippen LogP contribution in [0.3, 0.4) is 0 Å². The number of hydrogen-bond acceptors (Lipinski definition) is 5. The first-order valence-corrected chi connectivity index (χ1v) is 11.5. The van der Waals surface area contributed by atoms with Crippen molar-refractivity contribution in [1.29, 1.82) is 0 Å². The number of halogens is 1. The minimum absolute atomic E-state index is 0. The minimum atomic E-state index is 0. The second-order valence-electron chi connectivity index (χ2n) is 8.27. The lowest BCUT2D eigenvalue weighted by Gasteiger charge is -2.34. The van der Waals surface area contributed by atoms with E-state index in [0.29, 0.717) is 0 Å². The summed E-state index contributed by atoms with van der Waals surface area (Å²) in [7, 11) is 7.45. The Balaban J connectivity index is 0.00000900. The van der Waals surface area contributed by atoms with Crippen molar-refractivity contribution < 1.29 is 14.3 Å². The largest absolute Gasteiger partial charge is 0.383 e. The van der Waals surface area contributed by atoms with Gasteiger partial charge in [0.05, 0.1) is 6.61 Å². The molecule has 0 spiro atoms. The van der Waals surface area contributed by atoms with E-state index in [2.05, 4.69) is 27.2 Å². The lowest BCUT2D eigenvalue weighted by Crippen LogP contribution is -2.46. The monoisotopic (exact) mass is 555 g/mol. The summed E-state index contributed by atoms with van der Waals surface area (Å²) in [6.07, 6.45) is 5.81. The number of likely N-dealkylation sites (tertiary alicyclic amines) is 1. The highest BCUT2D eigenvalue weighted by Gasteiger charge is 2.21. The number of methoxy groups -OCH3 is 1. The standard InChI is InChI=1S/C22H45N5O3.HI/c1-6-30-17-8-12-23-22(24-19-21(28)25(2)3)27-14-10-20(11-15-27)9-7-13-26(4)16-18-29-5;/h20H,6-19H2,1-5H3,(H,23,24);1H. The fourth-order valence-corrected chi connectivity index (χ4v) is 3.51. The summed E-state index contributed by atoms with van der Waals surface area (Å²) in [4.78, 5) is 22.8. The van der Waals surface area contributed by atoms with Crippen LogP contribution in [-0.4, -0.2) is 114 Å². The molecule has 0 unspecified atom stereocenters. The average Bonchev–Trinajstić information content (AvgIpc) is 2.74. The maximum atomic E-state index is 12.0. The van der Waals surface area contributed by atoms with Crippen LogP contribution < -0.4 is 5.32 Å². The summed E-state index contributed by atoms with van der Waals surface area (Å²) in [5.41, 5.74) is 0. The third-order valence-corrected chi connectivity index (χ3v) is 5.56. The SMILES string of the molecule is CCOCCCNC(=NCC(=O)N(C)C)N1CCC(CCCN(C)CCOC)CC1.I. The molecule has 31 heavy (non-hydrogen) atoms. The molecule has 1 aliphatic rings. The van der Waals surface area contributed by atoms with Gasteiger partial charge in [-0.15, -0.1) is 24.0 Å². The first kappa shape index (κ1) is 30.4. The summed E-state index contributed by atoms with van der Waals surface area (Å²) in [6, 6.07) is 0. The van der Waals surface area contributed by atoms with Crippen LogP contribution in [0.5, 0.6) is 0 Å². The second kappa shape index (κ2) is 18.9. The van der Waals surface area contributed by atoms with E-state index >= 15 is 0 Å². The number of ether oxygens (including phenoxy) is 2. The molecule has 1 amide bonds. The molecule has 0 saturated carbocycles. The van der Waals surface area contributed by atoms with Gasteiger partial charge in [0, 0.05) is 60.6 Å². The number of piperidine rings is 1. The number of hydrogen-bond donors (Lipinski definition) is 1. The van der Waals surface area contributed by atoms with Gasteiger partial charge in [0.15, 0.2) is 5.96 Å². The summed E-state index contributed by atoms with van der Waals surface area (Å²) >= 11 is 0. The Hall–Kier alpha value is -0.650. The summed E-state index contributed by atoms with van der Waals surface area (Å²) in [5.74, 6) is 1.66. The number of carbonyl (C=O) groups is 1. The molecule has 0 aliphatic carbocycles. The Morgan fingerprint density at radius 1 is 1.13 bits per heavy atom. The Morgan fingerprint density at radius 2 is 1.84 bits per heavy atom. The molecule has 1 heterocycles. The predicted octanol–water partition coefficient (Wildman–Crippen LogP) is 2.14. The van der Waals surface area contributed by atoms with Gasteiger partial charge < -0.3 is 29.5 Å². The zero-order valence-electron chi connectivity index (χ0n) is 20.4. The van der Waals surface area contributed by atoms with Crippen molar-refractivity contribution in [3.63, 3.8) is 0 Å². The summed E-state index contributed by atoms with van der Waals surface area (Å²) in [6.45, 7) is 9.41. The molecular formula is C22H46IN5O3. The zero-order valence-corrected chi connectivity index (χ0v) is 22.7. The van der Waals surface area contributed by atoms with Crippen molar-refractivity contribution in [2.75, 3.05) is 87.3 Å². The highest BCUT2D eigenvalue weighted by Crippen LogP contribution is 2.22. The molecule has 1 aliphatic heterocycles. The maximum Gasteiger partial charge on any atom is 0.243 e. The van der Waals surface area contributed by atoms with Gasteiger partial charge >= 0.3 is 0 Å². The highest BCUT2D eigenvalue weighted by atomic mass is 127. The molecule has 8 nitrogen and oxygen atoms in total. The molecule has 0 aromatic carbocycles. The van der Waals surface area contributed by atoms with Gasteiger partial charge in [0.1, 0.15) is 6.54 Å². The molecule has 0 aromatic heterocycles. The first-order valence-electron chi connectivity index (χ1n) is 11.5. The minimum Gasteiger partial charge on any atom is -0.383 e. The van der Waals surface area contributed by atoms with E-state index in [0.717, 1.165) is 70.8 Å². The van der Waals surface area contributed by atoms with Crippen molar-refractivity contribution in [1.82, 2.24) is 20.0 Å². The average molecular weight is 556 g/mol. The van der Waals surface area contributed by atoms with E-state index in [9.17, 15) is 4.79 Å². The van der Waals surface area contributed by atoms with E-state index in [1.54, 1.807) is 26.1 Å². The highest BCUT2D eigenvalue weighted by molar-refractivity contribution is 14.0. The fraction of sp³-hybridized carbons (Fsp3) is 0.909. The number of guanidine groups is 1. The lowest BCUT2D eigenvalue weighted by atomic mass is 9.92. The molecule has 9 heteroatoms. The number of nitrogens with one attached hydrogen (secondary N) is 1. The number of amides is 1. The van der Waals surface area contributed by atoms with Crippen molar-refractivity contribution >= 4 is 35.8 Å². The van der Waals surface area contributed by atoms with Crippen molar-refractivity contribution in [2.24, 2.45) is 10.9 Å². The summed E-state index contributed by atoms with van der Waals surface area (Å²) < 4.78 is 10.6. The molecule has 0 bridgehead atoms. The Labute approximate surface area is 207 Å². The lowest BCUT2D eigenvalue weighted by molar-refractivity contribution is -0.127. The smallest absolute Gasteiger partial charge is 0.243 e. The van der Waals surface area contributed by atoms with Crippen molar-refractivity contribution in [2.45, 2.75) is 39.0 Å². The fourth-order valence-electron chi connectivity index (χ4n) is 3.51. The Bertz CT molecular complexity index is 486. The van der Waals surface area contributed by atoms with E-state index in [4.69, 9.17) is 9.47 Å². The predicted molar refractivity (Wildman–Crippen MR) is 138 cm³/mol.